The SMILES string of the molecule is COC(C)C1C(CO)=C(C2CCCCC2)C2=C(CC(C)(C)C[C@@H]2O)N1C. The van der Waals surface area contributed by atoms with E-state index in [1.165, 1.54) is 43.4 Å². The van der Waals surface area contributed by atoms with Gasteiger partial charge in [0.25, 0.3) is 0 Å². The largest absolute Gasteiger partial charge is 0.392 e. The molecule has 4 heteroatoms. The van der Waals surface area contributed by atoms with Gasteiger partial charge < -0.3 is 19.8 Å². The molecule has 3 rings (SSSR count). The van der Waals surface area contributed by atoms with Gasteiger partial charge in [-0.25, -0.2) is 0 Å². The Morgan fingerprint density at radius 1 is 1.19 bits per heavy atom. The standard InChI is InChI=1S/C22H37NO3/c1-14(26-5)21-16(13-24)19(15-9-7-6-8-10-15)20-17(23(21)4)11-22(2,3)12-18(20)25/h14-15,18,21,24-25H,6-13H2,1-5H3/t14?,18-,21?/m0/s1. The second-order valence-corrected chi connectivity index (χ2v) is 9.35. The Hall–Kier alpha value is -0.840. The zero-order valence-electron chi connectivity index (χ0n) is 17.2. The average Bonchev–Trinajstić information content (AvgIpc) is 2.61. The Kier molecular flexibility index (Phi) is 5.86. The van der Waals surface area contributed by atoms with Gasteiger partial charge in [-0.3, -0.25) is 0 Å². The van der Waals surface area contributed by atoms with Crippen LogP contribution < -0.4 is 0 Å². The summed E-state index contributed by atoms with van der Waals surface area (Å²) in [5.41, 5.74) is 4.83. The summed E-state index contributed by atoms with van der Waals surface area (Å²) in [5.74, 6) is 0.465. The van der Waals surface area contributed by atoms with E-state index >= 15 is 0 Å². The van der Waals surface area contributed by atoms with Crippen molar-refractivity contribution in [3.8, 4) is 0 Å². The molecule has 0 aromatic rings. The van der Waals surface area contributed by atoms with Crippen LogP contribution >= 0.6 is 0 Å². The zero-order chi connectivity index (χ0) is 19.1. The quantitative estimate of drug-likeness (QED) is 0.801. The summed E-state index contributed by atoms with van der Waals surface area (Å²) in [7, 11) is 3.86. The van der Waals surface area contributed by atoms with Crippen molar-refractivity contribution in [1.29, 1.82) is 0 Å². The van der Waals surface area contributed by atoms with Gasteiger partial charge >= 0.3 is 0 Å². The van der Waals surface area contributed by atoms with Crippen LogP contribution in [0.5, 0.6) is 0 Å². The number of hydrogen-bond donors (Lipinski definition) is 2. The predicted molar refractivity (Wildman–Crippen MR) is 105 cm³/mol. The minimum absolute atomic E-state index is 0.00280. The maximum Gasteiger partial charge on any atom is 0.0814 e. The third-order valence-corrected chi connectivity index (χ3v) is 6.87. The van der Waals surface area contributed by atoms with Gasteiger partial charge in [0.15, 0.2) is 0 Å². The second kappa shape index (κ2) is 7.65. The molecule has 1 fully saturated rings. The van der Waals surface area contributed by atoms with E-state index in [-0.39, 0.29) is 24.2 Å². The number of rotatable bonds is 4. The first-order valence-electron chi connectivity index (χ1n) is 10.3. The number of likely N-dealkylation sites (N-methyl/N-ethyl adjacent to an activating group) is 1. The first-order chi connectivity index (χ1) is 12.3. The van der Waals surface area contributed by atoms with Gasteiger partial charge in [-0.15, -0.1) is 0 Å². The van der Waals surface area contributed by atoms with Crippen molar-refractivity contribution in [1.82, 2.24) is 4.90 Å². The summed E-state index contributed by atoms with van der Waals surface area (Å²) >= 11 is 0. The maximum atomic E-state index is 11.1. The second-order valence-electron chi connectivity index (χ2n) is 9.35. The minimum atomic E-state index is -0.437. The van der Waals surface area contributed by atoms with Gasteiger partial charge in [-0.05, 0) is 55.1 Å². The number of allylic oxidation sites excluding steroid dienone is 1. The maximum absolute atomic E-state index is 11.1. The molecule has 2 aliphatic carbocycles. The lowest BCUT2D eigenvalue weighted by Gasteiger charge is -2.50. The highest BCUT2D eigenvalue weighted by atomic mass is 16.5. The predicted octanol–water partition coefficient (Wildman–Crippen LogP) is 3.64. The number of aliphatic hydroxyl groups excluding tert-OH is 2. The van der Waals surface area contributed by atoms with Gasteiger partial charge in [0.05, 0.1) is 24.9 Å². The molecular weight excluding hydrogens is 326 g/mol. The van der Waals surface area contributed by atoms with Crippen LogP contribution in [0.15, 0.2) is 22.4 Å². The molecule has 3 aliphatic rings. The van der Waals surface area contributed by atoms with Gasteiger partial charge in [-0.1, -0.05) is 33.1 Å². The third kappa shape index (κ3) is 3.48. The van der Waals surface area contributed by atoms with Crippen LogP contribution in [0, 0.1) is 11.3 Å². The monoisotopic (exact) mass is 363 g/mol. The summed E-state index contributed by atoms with van der Waals surface area (Å²) in [6.45, 7) is 6.62. The van der Waals surface area contributed by atoms with Crippen LogP contribution in [0.25, 0.3) is 0 Å². The summed E-state index contributed by atoms with van der Waals surface area (Å²) in [5, 5.41) is 21.5. The van der Waals surface area contributed by atoms with E-state index in [1.807, 2.05) is 0 Å². The van der Waals surface area contributed by atoms with E-state index in [2.05, 4.69) is 32.7 Å². The molecule has 0 aromatic heterocycles. The number of aliphatic hydroxyl groups is 2. The van der Waals surface area contributed by atoms with Crippen molar-refractivity contribution < 1.29 is 14.9 Å². The van der Waals surface area contributed by atoms with Gasteiger partial charge in [0.1, 0.15) is 0 Å². The molecule has 0 bridgehead atoms. The number of hydrogen-bond acceptors (Lipinski definition) is 4. The molecule has 1 aliphatic heterocycles. The highest BCUT2D eigenvalue weighted by Gasteiger charge is 2.44. The van der Waals surface area contributed by atoms with E-state index in [9.17, 15) is 10.2 Å². The van der Waals surface area contributed by atoms with E-state index in [0.29, 0.717) is 5.92 Å². The average molecular weight is 364 g/mol. The van der Waals surface area contributed by atoms with Crippen LogP contribution in [-0.2, 0) is 4.74 Å². The molecule has 0 amide bonds. The lowest BCUT2D eigenvalue weighted by Crippen LogP contribution is -2.50. The Morgan fingerprint density at radius 3 is 2.42 bits per heavy atom. The van der Waals surface area contributed by atoms with Crippen LogP contribution in [0.4, 0.5) is 0 Å². The van der Waals surface area contributed by atoms with Crippen LogP contribution in [0.1, 0.15) is 65.7 Å². The molecule has 3 atom stereocenters. The van der Waals surface area contributed by atoms with E-state index in [4.69, 9.17) is 4.74 Å². The summed E-state index contributed by atoms with van der Waals surface area (Å²) < 4.78 is 5.71. The molecule has 2 unspecified atom stereocenters. The molecule has 1 saturated carbocycles. The van der Waals surface area contributed by atoms with Crippen molar-refractivity contribution in [2.45, 2.75) is 84.0 Å². The molecule has 26 heavy (non-hydrogen) atoms. The lowest BCUT2D eigenvalue weighted by molar-refractivity contribution is 0.0410. The number of ether oxygens (including phenoxy) is 1. The molecule has 0 saturated heterocycles. The van der Waals surface area contributed by atoms with Crippen LogP contribution in [-0.4, -0.2) is 54.1 Å². The minimum Gasteiger partial charge on any atom is -0.392 e. The van der Waals surface area contributed by atoms with Gasteiger partial charge in [0.2, 0.25) is 0 Å². The molecule has 1 heterocycles. The fraction of sp³-hybridized carbons (Fsp3) is 0.818. The fourth-order valence-electron chi connectivity index (χ4n) is 5.60. The summed E-state index contributed by atoms with van der Waals surface area (Å²) in [4.78, 5) is 2.28. The first-order valence-corrected chi connectivity index (χ1v) is 10.3. The Balaban J connectivity index is 2.16. The molecule has 0 spiro atoms. The van der Waals surface area contributed by atoms with Crippen LogP contribution in [0.2, 0.25) is 0 Å². The highest BCUT2D eigenvalue weighted by molar-refractivity contribution is 5.50. The van der Waals surface area contributed by atoms with Crippen molar-refractivity contribution >= 4 is 0 Å². The van der Waals surface area contributed by atoms with Crippen LogP contribution in [0.3, 0.4) is 0 Å². The molecular formula is C22H37NO3. The van der Waals surface area contributed by atoms with Gasteiger partial charge in [-0.2, -0.15) is 0 Å². The Labute approximate surface area is 158 Å². The molecule has 0 radical (unpaired) electrons. The molecule has 148 valence electrons. The smallest absolute Gasteiger partial charge is 0.0814 e. The number of nitrogens with zero attached hydrogens (tertiary/aromatic N) is 1. The van der Waals surface area contributed by atoms with Crippen molar-refractivity contribution in [2.75, 3.05) is 20.8 Å². The summed E-state index contributed by atoms with van der Waals surface area (Å²) in [6.07, 6.45) is 7.46. The number of methoxy groups -OCH3 is 1. The van der Waals surface area contributed by atoms with Crippen molar-refractivity contribution in [2.24, 2.45) is 11.3 Å². The van der Waals surface area contributed by atoms with Crippen molar-refractivity contribution in [3.63, 3.8) is 0 Å². The topological polar surface area (TPSA) is 52.9 Å². The Morgan fingerprint density at radius 2 is 1.85 bits per heavy atom. The lowest BCUT2D eigenvalue weighted by atomic mass is 9.66. The highest BCUT2D eigenvalue weighted by Crippen LogP contribution is 2.50. The normalized spacial score (nSPS) is 31.3. The molecule has 4 nitrogen and oxygen atoms in total. The third-order valence-electron chi connectivity index (χ3n) is 6.87. The Bertz CT molecular complexity index is 586. The van der Waals surface area contributed by atoms with E-state index < -0.39 is 6.10 Å². The fourth-order valence-corrected chi connectivity index (χ4v) is 5.60. The first kappa shape index (κ1) is 19.9. The van der Waals surface area contributed by atoms with E-state index in [1.54, 1.807) is 7.11 Å². The van der Waals surface area contributed by atoms with Gasteiger partial charge in [0, 0.05) is 25.4 Å². The zero-order valence-corrected chi connectivity index (χ0v) is 17.2. The molecule has 2 N–H and O–H groups in total. The molecule has 0 aromatic carbocycles. The summed E-state index contributed by atoms with van der Waals surface area (Å²) in [6, 6.07) is 0.0433. The van der Waals surface area contributed by atoms with E-state index in [0.717, 1.165) is 24.0 Å². The van der Waals surface area contributed by atoms with Crippen molar-refractivity contribution in [3.05, 3.63) is 22.4 Å².